The third-order valence-electron chi connectivity index (χ3n) is 2.16. The fraction of sp³-hybridized carbons (Fsp3) is 0.167. The van der Waals surface area contributed by atoms with E-state index in [0.717, 1.165) is 5.75 Å². The summed E-state index contributed by atoms with van der Waals surface area (Å²) >= 11 is 0. The molecule has 0 unspecified atom stereocenters. The lowest BCUT2D eigenvalue weighted by Crippen LogP contribution is -2.03. The number of benzene rings is 1. The standard InChI is InChI=1S/C12H13N3O/c1-9-2-4-10(5-3-9)16-12-11(8-13)14-6-7-15-12/h2-7H,8,13H2,1H3. The normalized spacial score (nSPS) is 10.1. The Morgan fingerprint density at radius 3 is 2.50 bits per heavy atom. The summed E-state index contributed by atoms with van der Waals surface area (Å²) in [4.78, 5) is 8.20. The summed E-state index contributed by atoms with van der Waals surface area (Å²) in [5.41, 5.74) is 7.39. The maximum atomic E-state index is 5.60. The molecule has 2 aromatic rings. The zero-order valence-electron chi connectivity index (χ0n) is 9.05. The molecule has 82 valence electrons. The third-order valence-corrected chi connectivity index (χ3v) is 2.16. The van der Waals surface area contributed by atoms with Gasteiger partial charge >= 0.3 is 0 Å². The minimum atomic E-state index is 0.315. The first-order valence-corrected chi connectivity index (χ1v) is 5.04. The largest absolute Gasteiger partial charge is 0.437 e. The van der Waals surface area contributed by atoms with Crippen molar-refractivity contribution in [3.8, 4) is 11.6 Å². The van der Waals surface area contributed by atoms with Gasteiger partial charge in [0.15, 0.2) is 0 Å². The Morgan fingerprint density at radius 2 is 1.81 bits per heavy atom. The zero-order chi connectivity index (χ0) is 11.4. The van der Waals surface area contributed by atoms with Crippen LogP contribution < -0.4 is 10.5 Å². The van der Waals surface area contributed by atoms with Crippen LogP contribution in [0.5, 0.6) is 11.6 Å². The Bertz CT molecular complexity index is 468. The molecule has 0 fully saturated rings. The van der Waals surface area contributed by atoms with Crippen molar-refractivity contribution in [3.05, 3.63) is 47.9 Å². The fourth-order valence-electron chi connectivity index (χ4n) is 1.30. The van der Waals surface area contributed by atoms with Crippen molar-refractivity contribution in [1.82, 2.24) is 9.97 Å². The number of hydrogen-bond donors (Lipinski definition) is 1. The van der Waals surface area contributed by atoms with E-state index in [2.05, 4.69) is 9.97 Å². The van der Waals surface area contributed by atoms with Crippen molar-refractivity contribution in [1.29, 1.82) is 0 Å². The Hall–Kier alpha value is -1.94. The highest BCUT2D eigenvalue weighted by Crippen LogP contribution is 2.21. The van der Waals surface area contributed by atoms with Gasteiger partial charge in [0.2, 0.25) is 5.88 Å². The van der Waals surface area contributed by atoms with Crippen LogP contribution in [0.15, 0.2) is 36.7 Å². The molecule has 0 radical (unpaired) electrons. The lowest BCUT2D eigenvalue weighted by atomic mass is 10.2. The summed E-state index contributed by atoms with van der Waals surface area (Å²) in [5, 5.41) is 0. The van der Waals surface area contributed by atoms with Gasteiger partial charge in [-0.1, -0.05) is 17.7 Å². The summed E-state index contributed by atoms with van der Waals surface area (Å²) in [6.07, 6.45) is 3.19. The summed E-state index contributed by atoms with van der Waals surface area (Å²) in [7, 11) is 0. The molecular formula is C12H13N3O. The Kier molecular flexibility index (Phi) is 3.12. The van der Waals surface area contributed by atoms with E-state index >= 15 is 0 Å². The van der Waals surface area contributed by atoms with Gasteiger partial charge in [0.05, 0.1) is 0 Å². The number of ether oxygens (including phenoxy) is 1. The number of aryl methyl sites for hydroxylation is 1. The molecule has 16 heavy (non-hydrogen) atoms. The Balaban J connectivity index is 2.23. The summed E-state index contributed by atoms with van der Waals surface area (Å²) in [5.74, 6) is 1.20. The fourth-order valence-corrected chi connectivity index (χ4v) is 1.30. The van der Waals surface area contributed by atoms with Crippen LogP contribution in [0.25, 0.3) is 0 Å². The highest BCUT2D eigenvalue weighted by atomic mass is 16.5. The second kappa shape index (κ2) is 4.72. The van der Waals surface area contributed by atoms with E-state index in [1.54, 1.807) is 12.4 Å². The molecule has 1 aromatic heterocycles. The van der Waals surface area contributed by atoms with E-state index in [9.17, 15) is 0 Å². The highest BCUT2D eigenvalue weighted by Gasteiger charge is 2.05. The minimum absolute atomic E-state index is 0.315. The number of aromatic nitrogens is 2. The predicted octanol–water partition coefficient (Wildman–Crippen LogP) is 2.04. The molecule has 0 saturated carbocycles. The average molecular weight is 215 g/mol. The van der Waals surface area contributed by atoms with E-state index < -0.39 is 0 Å². The van der Waals surface area contributed by atoms with Gasteiger partial charge in [-0.05, 0) is 19.1 Å². The summed E-state index contributed by atoms with van der Waals surface area (Å²) < 4.78 is 5.60. The van der Waals surface area contributed by atoms with Gasteiger partial charge in [-0.25, -0.2) is 4.98 Å². The number of nitrogens with two attached hydrogens (primary N) is 1. The second-order valence-corrected chi connectivity index (χ2v) is 3.43. The van der Waals surface area contributed by atoms with Crippen LogP contribution in [0.1, 0.15) is 11.3 Å². The molecule has 4 heteroatoms. The smallest absolute Gasteiger partial charge is 0.242 e. The van der Waals surface area contributed by atoms with Crippen molar-refractivity contribution in [3.63, 3.8) is 0 Å². The molecule has 0 aliphatic heterocycles. The summed E-state index contributed by atoms with van der Waals surface area (Å²) in [6, 6.07) is 7.75. The molecule has 0 saturated heterocycles. The van der Waals surface area contributed by atoms with E-state index in [4.69, 9.17) is 10.5 Å². The average Bonchev–Trinajstić information content (AvgIpc) is 2.33. The monoisotopic (exact) mass is 215 g/mol. The lowest BCUT2D eigenvalue weighted by Gasteiger charge is -2.07. The van der Waals surface area contributed by atoms with Crippen LogP contribution in [0.3, 0.4) is 0 Å². The van der Waals surface area contributed by atoms with E-state index in [1.807, 2.05) is 31.2 Å². The zero-order valence-corrected chi connectivity index (χ0v) is 9.05. The van der Waals surface area contributed by atoms with Gasteiger partial charge in [-0.3, -0.25) is 4.98 Å². The Morgan fingerprint density at radius 1 is 1.12 bits per heavy atom. The molecule has 0 atom stereocenters. The van der Waals surface area contributed by atoms with Crippen molar-refractivity contribution < 1.29 is 4.74 Å². The van der Waals surface area contributed by atoms with Crippen molar-refractivity contribution in [2.75, 3.05) is 0 Å². The van der Waals surface area contributed by atoms with Gasteiger partial charge in [-0.2, -0.15) is 0 Å². The molecule has 0 aliphatic carbocycles. The van der Waals surface area contributed by atoms with Crippen molar-refractivity contribution in [2.45, 2.75) is 13.5 Å². The molecule has 1 aromatic carbocycles. The van der Waals surface area contributed by atoms with Gasteiger partial charge in [0.1, 0.15) is 11.4 Å². The van der Waals surface area contributed by atoms with E-state index in [0.29, 0.717) is 18.1 Å². The molecule has 1 heterocycles. The summed E-state index contributed by atoms with van der Waals surface area (Å²) in [6.45, 7) is 2.34. The maximum absolute atomic E-state index is 5.60. The first-order chi connectivity index (χ1) is 7.79. The lowest BCUT2D eigenvalue weighted by molar-refractivity contribution is 0.452. The van der Waals surface area contributed by atoms with Crippen LogP contribution in [-0.2, 0) is 6.54 Å². The molecule has 2 rings (SSSR count). The van der Waals surface area contributed by atoms with Crippen molar-refractivity contribution in [2.24, 2.45) is 5.73 Å². The number of rotatable bonds is 3. The van der Waals surface area contributed by atoms with Crippen LogP contribution in [0.2, 0.25) is 0 Å². The molecule has 2 N–H and O–H groups in total. The van der Waals surface area contributed by atoms with E-state index in [1.165, 1.54) is 5.56 Å². The molecule has 0 bridgehead atoms. The van der Waals surface area contributed by atoms with Crippen molar-refractivity contribution >= 4 is 0 Å². The van der Waals surface area contributed by atoms with Gasteiger partial charge in [0, 0.05) is 18.9 Å². The first kappa shape index (κ1) is 10.6. The third kappa shape index (κ3) is 2.35. The predicted molar refractivity (Wildman–Crippen MR) is 61.2 cm³/mol. The maximum Gasteiger partial charge on any atom is 0.242 e. The van der Waals surface area contributed by atoms with E-state index in [-0.39, 0.29) is 0 Å². The molecular weight excluding hydrogens is 202 g/mol. The minimum Gasteiger partial charge on any atom is -0.437 e. The highest BCUT2D eigenvalue weighted by molar-refractivity contribution is 5.31. The molecule has 0 spiro atoms. The first-order valence-electron chi connectivity index (χ1n) is 5.04. The second-order valence-electron chi connectivity index (χ2n) is 3.43. The quantitative estimate of drug-likeness (QED) is 0.851. The van der Waals surface area contributed by atoms with Gasteiger partial charge in [0.25, 0.3) is 0 Å². The number of hydrogen-bond acceptors (Lipinski definition) is 4. The van der Waals surface area contributed by atoms with Gasteiger partial charge in [-0.15, -0.1) is 0 Å². The van der Waals surface area contributed by atoms with Crippen LogP contribution in [-0.4, -0.2) is 9.97 Å². The topological polar surface area (TPSA) is 61.0 Å². The van der Waals surface area contributed by atoms with Gasteiger partial charge < -0.3 is 10.5 Å². The molecule has 0 amide bonds. The molecule has 0 aliphatic rings. The number of nitrogens with zero attached hydrogens (tertiary/aromatic N) is 2. The molecule has 4 nitrogen and oxygen atoms in total. The SMILES string of the molecule is Cc1ccc(Oc2nccnc2CN)cc1. The van der Waals surface area contributed by atoms with Crippen LogP contribution >= 0.6 is 0 Å². The van der Waals surface area contributed by atoms with Crippen LogP contribution in [0.4, 0.5) is 0 Å². The van der Waals surface area contributed by atoms with Crippen LogP contribution in [0, 0.1) is 6.92 Å². The Labute approximate surface area is 94.1 Å².